The minimum atomic E-state index is -1.11. The Hall–Kier alpha value is -0.400. The van der Waals surface area contributed by atoms with E-state index in [4.69, 9.17) is 0 Å². The molecule has 2 fully saturated rings. The van der Waals surface area contributed by atoms with Gasteiger partial charge in [-0.25, -0.2) is 4.39 Å². The van der Waals surface area contributed by atoms with Gasteiger partial charge in [-0.15, -0.1) is 0 Å². The van der Waals surface area contributed by atoms with Crippen molar-refractivity contribution < 1.29 is 9.18 Å². The van der Waals surface area contributed by atoms with E-state index in [0.717, 1.165) is 0 Å². The van der Waals surface area contributed by atoms with Crippen LogP contribution in [0.2, 0.25) is 0 Å². The molecule has 4 atom stereocenters. The molecule has 50 valence electrons. The van der Waals surface area contributed by atoms with Crippen LogP contribution in [0.5, 0.6) is 0 Å². The van der Waals surface area contributed by atoms with Gasteiger partial charge in [0.15, 0.2) is 12.0 Å². The number of carbonyl (C=O) groups is 1. The zero-order valence-electron chi connectivity index (χ0n) is 5.30. The Balaban J connectivity index is 2.16. The fraction of sp³-hybridized carbons (Fsp3) is 0.857. The molecule has 0 heterocycles. The van der Waals surface area contributed by atoms with Crippen LogP contribution in [-0.2, 0) is 4.79 Å². The Morgan fingerprint density at radius 3 is 2.67 bits per heavy atom. The Kier molecular flexibility index (Phi) is 0.815. The van der Waals surface area contributed by atoms with Crippen molar-refractivity contribution in [3.63, 3.8) is 0 Å². The molecule has 0 aromatic rings. The first-order chi connectivity index (χ1) is 4.22. The Bertz CT molecular complexity index is 166. The van der Waals surface area contributed by atoms with Crippen LogP contribution in [0.15, 0.2) is 0 Å². The van der Waals surface area contributed by atoms with Gasteiger partial charge in [-0.05, 0) is 18.3 Å². The predicted octanol–water partition coefficient (Wildman–Crippen LogP) is 1.18. The van der Waals surface area contributed by atoms with Gasteiger partial charge in [0.25, 0.3) is 0 Å². The molecule has 0 amide bonds. The lowest BCUT2D eigenvalue weighted by atomic mass is 10.1. The van der Waals surface area contributed by atoms with Crippen molar-refractivity contribution in [2.24, 2.45) is 17.8 Å². The molecule has 0 aromatic heterocycles. The number of hydrogen-bond donors (Lipinski definition) is 0. The standard InChI is InChI=1S/C7H9FO/c1-3-4-2-5(8)7(9)6(3)4/h3-6H,2H2,1H3/t3-,4-,5-,6+/m0/s1. The van der Waals surface area contributed by atoms with Gasteiger partial charge in [0.2, 0.25) is 0 Å². The van der Waals surface area contributed by atoms with Crippen molar-refractivity contribution in [1.29, 1.82) is 0 Å². The van der Waals surface area contributed by atoms with Crippen LogP contribution in [0, 0.1) is 17.8 Å². The van der Waals surface area contributed by atoms with Crippen molar-refractivity contribution >= 4 is 5.78 Å². The third kappa shape index (κ3) is 0.511. The molecule has 2 saturated carbocycles. The average Bonchev–Trinajstić information content (AvgIpc) is 2.29. The van der Waals surface area contributed by atoms with Crippen LogP contribution in [-0.4, -0.2) is 12.0 Å². The molecule has 2 heteroatoms. The van der Waals surface area contributed by atoms with Gasteiger partial charge in [-0.2, -0.15) is 0 Å². The molecule has 2 aliphatic carbocycles. The van der Waals surface area contributed by atoms with Crippen molar-refractivity contribution in [3.05, 3.63) is 0 Å². The third-order valence-electron chi connectivity index (χ3n) is 2.68. The highest BCUT2D eigenvalue weighted by Crippen LogP contribution is 2.55. The first kappa shape index (κ1) is 5.39. The Morgan fingerprint density at radius 2 is 2.33 bits per heavy atom. The van der Waals surface area contributed by atoms with Gasteiger partial charge in [-0.3, -0.25) is 4.79 Å². The number of carbonyl (C=O) groups excluding carboxylic acids is 1. The quantitative estimate of drug-likeness (QED) is 0.478. The molecule has 0 bridgehead atoms. The maximum atomic E-state index is 12.4. The molecule has 1 nitrogen and oxygen atoms in total. The Labute approximate surface area is 53.2 Å². The van der Waals surface area contributed by atoms with Crippen LogP contribution in [0.25, 0.3) is 0 Å². The maximum Gasteiger partial charge on any atom is 0.170 e. The fourth-order valence-corrected chi connectivity index (χ4v) is 1.94. The lowest BCUT2D eigenvalue weighted by Crippen LogP contribution is -2.13. The largest absolute Gasteiger partial charge is 0.296 e. The summed E-state index contributed by atoms with van der Waals surface area (Å²) >= 11 is 0. The highest BCUT2D eigenvalue weighted by Gasteiger charge is 2.59. The van der Waals surface area contributed by atoms with E-state index in [2.05, 4.69) is 0 Å². The van der Waals surface area contributed by atoms with Crippen molar-refractivity contribution in [2.45, 2.75) is 19.5 Å². The van der Waals surface area contributed by atoms with Crippen LogP contribution in [0.1, 0.15) is 13.3 Å². The normalized spacial score (nSPS) is 55.6. The molecule has 0 aromatic carbocycles. The lowest BCUT2D eigenvalue weighted by Gasteiger charge is -1.98. The van der Waals surface area contributed by atoms with E-state index in [-0.39, 0.29) is 11.7 Å². The molecule has 0 spiro atoms. The number of ketones is 1. The SMILES string of the molecule is C[C@H]1[C@@H]2C[C@H](F)C(=O)[C@H]12. The van der Waals surface area contributed by atoms with Gasteiger partial charge in [0.1, 0.15) is 0 Å². The molecule has 0 aliphatic heterocycles. The second-order valence-electron chi connectivity index (χ2n) is 3.15. The number of hydrogen-bond acceptors (Lipinski definition) is 1. The highest BCUT2D eigenvalue weighted by molar-refractivity contribution is 5.91. The van der Waals surface area contributed by atoms with Crippen molar-refractivity contribution in [3.8, 4) is 0 Å². The summed E-state index contributed by atoms with van der Waals surface area (Å²) in [5.74, 6) is 0.879. The summed E-state index contributed by atoms with van der Waals surface area (Å²) in [7, 11) is 0. The summed E-state index contributed by atoms with van der Waals surface area (Å²) in [5, 5.41) is 0. The first-order valence-corrected chi connectivity index (χ1v) is 3.39. The summed E-state index contributed by atoms with van der Waals surface area (Å²) in [5.41, 5.74) is 0. The van der Waals surface area contributed by atoms with Gasteiger partial charge in [-0.1, -0.05) is 6.92 Å². The van der Waals surface area contributed by atoms with Crippen LogP contribution in [0.4, 0.5) is 4.39 Å². The van der Waals surface area contributed by atoms with E-state index in [1.807, 2.05) is 6.92 Å². The molecule has 0 radical (unpaired) electrons. The summed E-state index contributed by atoms with van der Waals surface area (Å²) < 4.78 is 12.4. The second-order valence-corrected chi connectivity index (χ2v) is 3.15. The molecule has 0 unspecified atom stereocenters. The molecule has 9 heavy (non-hydrogen) atoms. The summed E-state index contributed by atoms with van der Waals surface area (Å²) in [6.07, 6.45) is -0.610. The molecule has 0 saturated heterocycles. The number of alkyl halides is 1. The van der Waals surface area contributed by atoms with E-state index in [0.29, 0.717) is 18.3 Å². The van der Waals surface area contributed by atoms with Crippen molar-refractivity contribution in [1.82, 2.24) is 0 Å². The maximum absolute atomic E-state index is 12.4. The van der Waals surface area contributed by atoms with Crippen LogP contribution >= 0.6 is 0 Å². The summed E-state index contributed by atoms with van der Waals surface area (Å²) in [6, 6.07) is 0. The predicted molar refractivity (Wildman–Crippen MR) is 30.7 cm³/mol. The zero-order chi connectivity index (χ0) is 6.59. The van der Waals surface area contributed by atoms with Gasteiger partial charge in [0, 0.05) is 5.92 Å². The van der Waals surface area contributed by atoms with E-state index in [1.165, 1.54) is 0 Å². The first-order valence-electron chi connectivity index (χ1n) is 3.39. The smallest absolute Gasteiger partial charge is 0.170 e. The minimum Gasteiger partial charge on any atom is -0.296 e. The summed E-state index contributed by atoms with van der Waals surface area (Å²) in [4.78, 5) is 10.8. The number of halogens is 1. The molecular weight excluding hydrogens is 119 g/mol. The van der Waals surface area contributed by atoms with Crippen molar-refractivity contribution in [2.75, 3.05) is 0 Å². The van der Waals surface area contributed by atoms with E-state index in [1.54, 1.807) is 0 Å². The summed E-state index contributed by atoms with van der Waals surface area (Å²) in [6.45, 7) is 2.03. The topological polar surface area (TPSA) is 17.1 Å². The second kappa shape index (κ2) is 1.36. The number of Topliss-reactive ketones (excluding diaryl/α,β-unsaturated/α-hetero) is 1. The fourth-order valence-electron chi connectivity index (χ4n) is 1.94. The van der Waals surface area contributed by atoms with Crippen LogP contribution in [0.3, 0.4) is 0 Å². The monoisotopic (exact) mass is 128 g/mol. The van der Waals surface area contributed by atoms with E-state index in [9.17, 15) is 9.18 Å². The van der Waals surface area contributed by atoms with E-state index >= 15 is 0 Å². The third-order valence-corrected chi connectivity index (χ3v) is 2.68. The van der Waals surface area contributed by atoms with Gasteiger partial charge in [0.05, 0.1) is 0 Å². The number of rotatable bonds is 0. The average molecular weight is 128 g/mol. The van der Waals surface area contributed by atoms with E-state index < -0.39 is 6.17 Å². The van der Waals surface area contributed by atoms with Gasteiger partial charge >= 0.3 is 0 Å². The zero-order valence-corrected chi connectivity index (χ0v) is 5.30. The molecule has 2 aliphatic rings. The molecule has 2 rings (SSSR count). The number of fused-ring (bicyclic) bond motifs is 1. The molecular formula is C7H9FO. The van der Waals surface area contributed by atoms with Gasteiger partial charge < -0.3 is 0 Å². The van der Waals surface area contributed by atoms with Crippen LogP contribution < -0.4 is 0 Å². The Morgan fingerprint density at radius 1 is 1.67 bits per heavy atom. The highest BCUT2D eigenvalue weighted by atomic mass is 19.1. The minimum absolute atomic E-state index is 0.111. The molecule has 0 N–H and O–H groups in total. The lowest BCUT2D eigenvalue weighted by molar-refractivity contribution is -0.123.